The van der Waals surface area contributed by atoms with Crippen molar-refractivity contribution in [1.82, 2.24) is 0 Å². The van der Waals surface area contributed by atoms with Crippen LogP contribution in [0.3, 0.4) is 0 Å². The Morgan fingerprint density at radius 2 is 2.07 bits per heavy atom. The van der Waals surface area contributed by atoms with Gasteiger partial charge in [-0.05, 0) is 23.8 Å². The number of carboxylic acid groups (broad SMARTS) is 1. The zero-order valence-corrected chi connectivity index (χ0v) is 8.11. The summed E-state index contributed by atoms with van der Waals surface area (Å²) >= 11 is 0. The van der Waals surface area contributed by atoms with Gasteiger partial charge in [0.2, 0.25) is 0 Å². The molecule has 0 aliphatic rings. The van der Waals surface area contributed by atoms with Crippen molar-refractivity contribution in [3.63, 3.8) is 0 Å². The van der Waals surface area contributed by atoms with Gasteiger partial charge in [0.15, 0.2) is 0 Å². The Bertz CT molecular complexity index is 333. The van der Waals surface area contributed by atoms with E-state index in [4.69, 9.17) is 14.6 Å². The fourth-order valence-corrected chi connectivity index (χ4v) is 1.15. The summed E-state index contributed by atoms with van der Waals surface area (Å²) < 4.78 is 9.89. The van der Waals surface area contributed by atoms with E-state index >= 15 is 0 Å². The molecule has 1 N–H and O–H groups in total. The molecule has 0 amide bonds. The van der Waals surface area contributed by atoms with Gasteiger partial charge in [-0.3, -0.25) is 0 Å². The van der Waals surface area contributed by atoms with Gasteiger partial charge in [-0.15, -0.1) is 0 Å². The topological polar surface area (TPSA) is 55.8 Å². The molecule has 1 aromatic rings. The Morgan fingerprint density at radius 1 is 1.36 bits per heavy atom. The molecule has 0 fully saturated rings. The van der Waals surface area contributed by atoms with E-state index in [1.165, 1.54) is 13.2 Å². The minimum absolute atomic E-state index is 0.205. The third-order valence-corrected chi connectivity index (χ3v) is 1.76. The molecule has 76 valence electrons. The van der Waals surface area contributed by atoms with E-state index in [1.807, 2.05) is 0 Å². The molecule has 0 saturated carbocycles. The predicted molar refractivity (Wildman–Crippen MR) is 50.7 cm³/mol. The molecule has 1 rings (SSSR count). The Labute approximate surface area is 82.1 Å². The maximum Gasteiger partial charge on any atom is 0.335 e. The van der Waals surface area contributed by atoms with Gasteiger partial charge in [0.25, 0.3) is 0 Å². The summed E-state index contributed by atoms with van der Waals surface area (Å²) in [4.78, 5) is 10.7. The molecular formula is C10H12O4. The second-order valence-electron chi connectivity index (χ2n) is 2.81. The highest BCUT2D eigenvalue weighted by atomic mass is 16.5. The Morgan fingerprint density at radius 3 is 2.57 bits per heavy atom. The van der Waals surface area contributed by atoms with E-state index in [0.29, 0.717) is 12.4 Å². The Balaban J connectivity index is 3.06. The monoisotopic (exact) mass is 196 g/mol. The van der Waals surface area contributed by atoms with Gasteiger partial charge in [0.1, 0.15) is 5.75 Å². The van der Waals surface area contributed by atoms with Gasteiger partial charge < -0.3 is 14.6 Å². The van der Waals surface area contributed by atoms with E-state index in [0.717, 1.165) is 5.56 Å². The summed E-state index contributed by atoms with van der Waals surface area (Å²) in [5.74, 6) is -0.446. The van der Waals surface area contributed by atoms with Crippen molar-refractivity contribution in [3.05, 3.63) is 29.3 Å². The van der Waals surface area contributed by atoms with E-state index < -0.39 is 5.97 Å². The van der Waals surface area contributed by atoms with Crippen LogP contribution in [-0.2, 0) is 11.3 Å². The minimum Gasteiger partial charge on any atom is -0.497 e. The van der Waals surface area contributed by atoms with Gasteiger partial charge in [-0.1, -0.05) is 0 Å². The number of hydrogen-bond acceptors (Lipinski definition) is 3. The highest BCUT2D eigenvalue weighted by Gasteiger charge is 2.06. The van der Waals surface area contributed by atoms with Crippen LogP contribution >= 0.6 is 0 Å². The van der Waals surface area contributed by atoms with Crippen molar-refractivity contribution < 1.29 is 19.4 Å². The highest BCUT2D eigenvalue weighted by molar-refractivity contribution is 5.88. The van der Waals surface area contributed by atoms with Crippen LogP contribution in [0.2, 0.25) is 0 Å². The van der Waals surface area contributed by atoms with E-state index in [2.05, 4.69) is 0 Å². The largest absolute Gasteiger partial charge is 0.497 e. The first-order chi connectivity index (χ1) is 6.67. The molecule has 0 aromatic heterocycles. The standard InChI is InChI=1S/C10H12O4/c1-13-6-7-3-8(10(11)12)5-9(4-7)14-2/h3-5H,6H2,1-2H3,(H,11,12). The number of rotatable bonds is 4. The lowest BCUT2D eigenvalue weighted by atomic mass is 10.1. The van der Waals surface area contributed by atoms with Crippen molar-refractivity contribution in [3.8, 4) is 5.75 Å². The maximum absolute atomic E-state index is 10.7. The van der Waals surface area contributed by atoms with Crippen molar-refractivity contribution in [2.24, 2.45) is 0 Å². The quantitative estimate of drug-likeness (QED) is 0.793. The minimum atomic E-state index is -0.971. The van der Waals surface area contributed by atoms with E-state index in [1.54, 1.807) is 19.2 Å². The zero-order valence-electron chi connectivity index (χ0n) is 8.11. The van der Waals surface area contributed by atoms with Gasteiger partial charge in [-0.25, -0.2) is 4.79 Å². The zero-order chi connectivity index (χ0) is 10.6. The molecule has 0 spiro atoms. The summed E-state index contributed by atoms with van der Waals surface area (Å²) in [7, 11) is 3.05. The SMILES string of the molecule is COCc1cc(OC)cc(C(=O)O)c1. The Hall–Kier alpha value is -1.55. The van der Waals surface area contributed by atoms with Crippen LogP contribution in [0.4, 0.5) is 0 Å². The van der Waals surface area contributed by atoms with E-state index in [9.17, 15) is 4.79 Å². The van der Waals surface area contributed by atoms with E-state index in [-0.39, 0.29) is 5.56 Å². The molecule has 0 unspecified atom stereocenters. The van der Waals surface area contributed by atoms with Crippen LogP contribution in [0.5, 0.6) is 5.75 Å². The molecule has 4 heteroatoms. The number of ether oxygens (including phenoxy) is 2. The Kier molecular flexibility index (Phi) is 3.48. The summed E-state index contributed by atoms with van der Waals surface area (Å²) in [6, 6.07) is 4.78. The molecule has 1 aromatic carbocycles. The molecule has 4 nitrogen and oxygen atoms in total. The molecule has 14 heavy (non-hydrogen) atoms. The number of carboxylic acids is 1. The van der Waals surface area contributed by atoms with Crippen LogP contribution in [0.15, 0.2) is 18.2 Å². The second kappa shape index (κ2) is 4.62. The summed E-state index contributed by atoms with van der Waals surface area (Å²) in [5.41, 5.74) is 0.987. The lowest BCUT2D eigenvalue weighted by molar-refractivity contribution is 0.0696. The predicted octanol–water partition coefficient (Wildman–Crippen LogP) is 1.54. The average molecular weight is 196 g/mol. The molecule has 0 radical (unpaired) electrons. The number of aromatic carboxylic acids is 1. The third kappa shape index (κ3) is 2.47. The second-order valence-corrected chi connectivity index (χ2v) is 2.81. The lowest BCUT2D eigenvalue weighted by Gasteiger charge is -2.05. The molecule has 0 atom stereocenters. The number of benzene rings is 1. The summed E-state index contributed by atoms with van der Waals surface area (Å²) in [6.45, 7) is 0.372. The number of methoxy groups -OCH3 is 2. The molecule has 0 heterocycles. The molecule has 0 aliphatic carbocycles. The van der Waals surface area contributed by atoms with Crippen molar-refractivity contribution in [2.45, 2.75) is 6.61 Å². The highest BCUT2D eigenvalue weighted by Crippen LogP contribution is 2.17. The first-order valence-corrected chi connectivity index (χ1v) is 4.07. The molecule has 0 saturated heterocycles. The average Bonchev–Trinajstić information content (AvgIpc) is 2.17. The third-order valence-electron chi connectivity index (χ3n) is 1.76. The van der Waals surface area contributed by atoms with Crippen LogP contribution < -0.4 is 4.74 Å². The van der Waals surface area contributed by atoms with Crippen LogP contribution in [0.25, 0.3) is 0 Å². The van der Waals surface area contributed by atoms with Crippen molar-refractivity contribution >= 4 is 5.97 Å². The van der Waals surface area contributed by atoms with Crippen LogP contribution in [0.1, 0.15) is 15.9 Å². The first kappa shape index (κ1) is 10.5. The van der Waals surface area contributed by atoms with Crippen molar-refractivity contribution in [2.75, 3.05) is 14.2 Å². The normalized spacial score (nSPS) is 9.86. The van der Waals surface area contributed by atoms with Gasteiger partial charge in [-0.2, -0.15) is 0 Å². The number of hydrogen-bond donors (Lipinski definition) is 1. The molecular weight excluding hydrogens is 184 g/mol. The fourth-order valence-electron chi connectivity index (χ4n) is 1.15. The first-order valence-electron chi connectivity index (χ1n) is 4.07. The number of carbonyl (C=O) groups is 1. The van der Waals surface area contributed by atoms with Crippen molar-refractivity contribution in [1.29, 1.82) is 0 Å². The van der Waals surface area contributed by atoms with Gasteiger partial charge >= 0.3 is 5.97 Å². The summed E-state index contributed by atoms with van der Waals surface area (Å²) in [6.07, 6.45) is 0. The smallest absolute Gasteiger partial charge is 0.335 e. The van der Waals surface area contributed by atoms with Gasteiger partial charge in [0, 0.05) is 7.11 Å². The molecule has 0 bridgehead atoms. The van der Waals surface area contributed by atoms with Crippen LogP contribution in [-0.4, -0.2) is 25.3 Å². The van der Waals surface area contributed by atoms with Gasteiger partial charge in [0.05, 0.1) is 19.3 Å². The molecule has 0 aliphatic heterocycles. The fraction of sp³-hybridized carbons (Fsp3) is 0.300. The lowest BCUT2D eigenvalue weighted by Crippen LogP contribution is -1.99. The van der Waals surface area contributed by atoms with Crippen LogP contribution in [0, 0.1) is 0 Å². The maximum atomic E-state index is 10.7. The summed E-state index contributed by atoms with van der Waals surface area (Å²) in [5, 5.41) is 8.80.